The molecule has 3 aromatic rings. The SMILES string of the molecule is Cc1nccc(-c2cccc(NC(=O)C3CCN(C(=O)COc4ccccc4)CC3)c2)n1. The Hall–Kier alpha value is -3.74. The molecule has 7 nitrogen and oxygen atoms in total. The number of para-hydroxylation sites is 1. The van der Waals surface area contributed by atoms with Crippen LogP contribution in [0.15, 0.2) is 66.9 Å². The minimum absolute atomic E-state index is 0.0101. The molecule has 0 spiro atoms. The Morgan fingerprint density at radius 3 is 2.59 bits per heavy atom. The van der Waals surface area contributed by atoms with E-state index in [1.54, 1.807) is 11.1 Å². The summed E-state index contributed by atoms with van der Waals surface area (Å²) in [6.07, 6.45) is 2.99. The number of anilines is 1. The van der Waals surface area contributed by atoms with Gasteiger partial charge >= 0.3 is 0 Å². The number of aromatic nitrogens is 2. The molecule has 1 aliphatic rings. The molecule has 1 N–H and O–H groups in total. The topological polar surface area (TPSA) is 84.4 Å². The van der Waals surface area contributed by atoms with E-state index in [9.17, 15) is 9.59 Å². The highest BCUT2D eigenvalue weighted by molar-refractivity contribution is 5.93. The van der Waals surface area contributed by atoms with Crippen LogP contribution in [-0.4, -0.2) is 46.4 Å². The van der Waals surface area contributed by atoms with Crippen molar-refractivity contribution in [2.24, 2.45) is 5.92 Å². The van der Waals surface area contributed by atoms with Crippen LogP contribution in [0.2, 0.25) is 0 Å². The zero-order chi connectivity index (χ0) is 22.3. The van der Waals surface area contributed by atoms with E-state index in [2.05, 4.69) is 15.3 Å². The summed E-state index contributed by atoms with van der Waals surface area (Å²) in [6.45, 7) is 2.96. The number of nitrogens with one attached hydrogen (secondary N) is 1. The quantitative estimate of drug-likeness (QED) is 0.645. The third kappa shape index (κ3) is 5.49. The van der Waals surface area contributed by atoms with E-state index in [0.29, 0.717) is 37.5 Å². The molecule has 0 unspecified atom stereocenters. The van der Waals surface area contributed by atoms with Crippen LogP contribution >= 0.6 is 0 Å². The Kier molecular flexibility index (Phi) is 6.75. The summed E-state index contributed by atoms with van der Waals surface area (Å²) in [5, 5.41) is 3.02. The minimum Gasteiger partial charge on any atom is -0.484 e. The number of aryl methyl sites for hydroxylation is 1. The van der Waals surface area contributed by atoms with E-state index in [-0.39, 0.29) is 24.3 Å². The summed E-state index contributed by atoms with van der Waals surface area (Å²) >= 11 is 0. The van der Waals surface area contributed by atoms with Gasteiger partial charge in [-0.3, -0.25) is 9.59 Å². The van der Waals surface area contributed by atoms with Crippen LogP contribution in [0, 0.1) is 12.8 Å². The lowest BCUT2D eigenvalue weighted by Crippen LogP contribution is -2.43. The first kappa shape index (κ1) is 21.5. The van der Waals surface area contributed by atoms with Crippen molar-refractivity contribution in [3.8, 4) is 17.0 Å². The first-order chi connectivity index (χ1) is 15.6. The maximum Gasteiger partial charge on any atom is 0.260 e. The predicted molar refractivity (Wildman–Crippen MR) is 122 cm³/mol. The number of ether oxygens (including phenoxy) is 1. The second-order valence-corrected chi connectivity index (χ2v) is 7.82. The van der Waals surface area contributed by atoms with Crippen molar-refractivity contribution in [3.63, 3.8) is 0 Å². The van der Waals surface area contributed by atoms with E-state index in [0.717, 1.165) is 16.9 Å². The molecule has 0 aliphatic carbocycles. The Balaban J connectivity index is 1.28. The first-order valence-corrected chi connectivity index (χ1v) is 10.7. The molecule has 32 heavy (non-hydrogen) atoms. The number of carbonyl (C=O) groups excluding carboxylic acids is 2. The van der Waals surface area contributed by atoms with Gasteiger partial charge in [0.25, 0.3) is 5.91 Å². The average Bonchev–Trinajstić information content (AvgIpc) is 2.83. The molecule has 1 aromatic heterocycles. The van der Waals surface area contributed by atoms with Gasteiger partial charge in [0.2, 0.25) is 5.91 Å². The maximum absolute atomic E-state index is 12.8. The monoisotopic (exact) mass is 430 g/mol. The van der Waals surface area contributed by atoms with Crippen LogP contribution in [0.25, 0.3) is 11.3 Å². The van der Waals surface area contributed by atoms with E-state index in [1.807, 2.05) is 67.6 Å². The van der Waals surface area contributed by atoms with Gasteiger partial charge in [-0.15, -0.1) is 0 Å². The number of hydrogen-bond acceptors (Lipinski definition) is 5. The lowest BCUT2D eigenvalue weighted by atomic mass is 9.95. The van der Waals surface area contributed by atoms with Crippen molar-refractivity contribution in [3.05, 3.63) is 72.7 Å². The number of amides is 2. The summed E-state index contributed by atoms with van der Waals surface area (Å²) in [5.41, 5.74) is 2.48. The first-order valence-electron chi connectivity index (χ1n) is 10.7. The van der Waals surface area contributed by atoms with Gasteiger partial charge in [0.15, 0.2) is 6.61 Å². The highest BCUT2D eigenvalue weighted by Gasteiger charge is 2.27. The van der Waals surface area contributed by atoms with Crippen molar-refractivity contribution in [2.45, 2.75) is 19.8 Å². The maximum atomic E-state index is 12.8. The van der Waals surface area contributed by atoms with Crippen molar-refractivity contribution in [2.75, 3.05) is 25.0 Å². The molecule has 0 saturated carbocycles. The normalized spacial score (nSPS) is 14.1. The highest BCUT2D eigenvalue weighted by atomic mass is 16.5. The van der Waals surface area contributed by atoms with Crippen molar-refractivity contribution in [1.82, 2.24) is 14.9 Å². The Morgan fingerprint density at radius 2 is 1.84 bits per heavy atom. The van der Waals surface area contributed by atoms with Gasteiger partial charge in [-0.2, -0.15) is 0 Å². The number of nitrogens with zero attached hydrogens (tertiary/aromatic N) is 3. The fourth-order valence-electron chi connectivity index (χ4n) is 3.76. The molecule has 164 valence electrons. The molecule has 4 rings (SSSR count). The number of piperidine rings is 1. The van der Waals surface area contributed by atoms with Gasteiger partial charge in [-0.25, -0.2) is 9.97 Å². The molecular formula is C25H26N4O3. The fraction of sp³-hybridized carbons (Fsp3) is 0.280. The van der Waals surface area contributed by atoms with E-state index in [1.165, 1.54) is 0 Å². The summed E-state index contributed by atoms with van der Waals surface area (Å²) in [7, 11) is 0. The second-order valence-electron chi connectivity index (χ2n) is 7.82. The number of benzene rings is 2. The molecular weight excluding hydrogens is 404 g/mol. The number of rotatable bonds is 6. The fourth-order valence-corrected chi connectivity index (χ4v) is 3.76. The van der Waals surface area contributed by atoms with Crippen molar-refractivity contribution in [1.29, 1.82) is 0 Å². The number of likely N-dealkylation sites (tertiary alicyclic amines) is 1. The summed E-state index contributed by atoms with van der Waals surface area (Å²) in [6, 6.07) is 18.8. The summed E-state index contributed by atoms with van der Waals surface area (Å²) in [4.78, 5) is 35.6. The van der Waals surface area contributed by atoms with Crippen LogP contribution in [-0.2, 0) is 9.59 Å². The van der Waals surface area contributed by atoms with Crippen molar-refractivity contribution >= 4 is 17.5 Å². The molecule has 0 bridgehead atoms. The zero-order valence-corrected chi connectivity index (χ0v) is 18.0. The molecule has 2 amide bonds. The smallest absolute Gasteiger partial charge is 0.260 e. The van der Waals surface area contributed by atoms with Crippen LogP contribution < -0.4 is 10.1 Å². The van der Waals surface area contributed by atoms with Gasteiger partial charge in [0.1, 0.15) is 11.6 Å². The molecule has 1 aliphatic heterocycles. The largest absolute Gasteiger partial charge is 0.484 e. The Labute approximate surface area is 187 Å². The molecule has 1 saturated heterocycles. The minimum atomic E-state index is -0.126. The standard InChI is InChI=1S/C25H26N4O3/c1-18-26-13-10-23(27-18)20-6-5-7-21(16-20)28-25(31)19-11-14-29(15-12-19)24(30)17-32-22-8-3-2-4-9-22/h2-10,13,16,19H,11-12,14-15,17H2,1H3,(H,28,31). The molecule has 1 fully saturated rings. The van der Waals surface area contributed by atoms with Crippen LogP contribution in [0.1, 0.15) is 18.7 Å². The predicted octanol–water partition coefficient (Wildman–Crippen LogP) is 3.71. The lowest BCUT2D eigenvalue weighted by Gasteiger charge is -2.31. The molecule has 7 heteroatoms. The van der Waals surface area contributed by atoms with Gasteiger partial charge in [0.05, 0.1) is 5.69 Å². The summed E-state index contributed by atoms with van der Waals surface area (Å²) in [5.74, 6) is 1.18. The van der Waals surface area contributed by atoms with Gasteiger partial charge in [-0.1, -0.05) is 30.3 Å². The number of carbonyl (C=O) groups is 2. The summed E-state index contributed by atoms with van der Waals surface area (Å²) < 4.78 is 5.55. The molecule has 0 radical (unpaired) electrons. The molecule has 0 atom stereocenters. The Bertz CT molecular complexity index is 1080. The van der Waals surface area contributed by atoms with Gasteiger partial charge in [0, 0.05) is 36.5 Å². The zero-order valence-electron chi connectivity index (χ0n) is 18.0. The van der Waals surface area contributed by atoms with Crippen molar-refractivity contribution < 1.29 is 14.3 Å². The van der Waals surface area contributed by atoms with E-state index in [4.69, 9.17) is 4.74 Å². The van der Waals surface area contributed by atoms with Gasteiger partial charge in [-0.05, 0) is 50.1 Å². The van der Waals surface area contributed by atoms with E-state index >= 15 is 0 Å². The lowest BCUT2D eigenvalue weighted by molar-refractivity contribution is -0.136. The van der Waals surface area contributed by atoms with Crippen LogP contribution in [0.3, 0.4) is 0 Å². The average molecular weight is 431 g/mol. The number of hydrogen-bond donors (Lipinski definition) is 1. The van der Waals surface area contributed by atoms with Crippen LogP contribution in [0.5, 0.6) is 5.75 Å². The second kappa shape index (κ2) is 10.0. The van der Waals surface area contributed by atoms with Crippen LogP contribution in [0.4, 0.5) is 5.69 Å². The third-order valence-corrected chi connectivity index (χ3v) is 5.53. The molecule has 2 aromatic carbocycles. The highest BCUT2D eigenvalue weighted by Crippen LogP contribution is 2.23. The van der Waals surface area contributed by atoms with E-state index < -0.39 is 0 Å². The van der Waals surface area contributed by atoms with Gasteiger partial charge < -0.3 is 15.0 Å². The third-order valence-electron chi connectivity index (χ3n) is 5.53. The Morgan fingerprint density at radius 1 is 1.06 bits per heavy atom. The molecule has 2 heterocycles.